The average molecular weight is 248 g/mol. The van der Waals surface area contributed by atoms with Gasteiger partial charge in [0.15, 0.2) is 0 Å². The fraction of sp³-hybridized carbons (Fsp3) is 0.385. The van der Waals surface area contributed by atoms with Crippen molar-refractivity contribution in [2.75, 3.05) is 18.6 Å². The molecule has 1 heterocycles. The summed E-state index contributed by atoms with van der Waals surface area (Å²) in [6, 6.07) is 4.85. The van der Waals surface area contributed by atoms with Crippen LogP contribution in [0, 0.1) is 0 Å². The number of methoxy groups -OCH3 is 1. The molecule has 18 heavy (non-hydrogen) atoms. The van der Waals surface area contributed by atoms with Gasteiger partial charge in [-0.2, -0.15) is 0 Å². The fourth-order valence-corrected chi connectivity index (χ4v) is 2.21. The number of ether oxygens (including phenoxy) is 1. The molecule has 0 saturated heterocycles. The van der Waals surface area contributed by atoms with Crippen molar-refractivity contribution in [3.63, 3.8) is 0 Å². The monoisotopic (exact) mass is 248 g/mol. The first-order valence-corrected chi connectivity index (χ1v) is 5.85. The summed E-state index contributed by atoms with van der Waals surface area (Å²) in [5.41, 5.74) is 1.62. The fourth-order valence-electron chi connectivity index (χ4n) is 2.21. The number of benzene rings is 1. The molecule has 96 valence electrons. The predicted molar refractivity (Wildman–Crippen MR) is 67.6 cm³/mol. The van der Waals surface area contributed by atoms with Gasteiger partial charge in [0.2, 0.25) is 5.91 Å². The Morgan fingerprint density at radius 2 is 2.22 bits per heavy atom. The van der Waals surface area contributed by atoms with Crippen LogP contribution in [0.25, 0.3) is 0 Å². The highest BCUT2D eigenvalue weighted by Gasteiger charge is 2.37. The lowest BCUT2D eigenvalue weighted by atomic mass is 10.1. The molecule has 5 nitrogen and oxygen atoms in total. The molecular formula is C13H16N2O3. The number of hydrogen-bond acceptors (Lipinski definition) is 3. The van der Waals surface area contributed by atoms with Crippen LogP contribution in [-0.4, -0.2) is 25.5 Å². The predicted octanol–water partition coefficient (Wildman–Crippen LogP) is 1.24. The van der Waals surface area contributed by atoms with Crippen LogP contribution in [0.3, 0.4) is 0 Å². The molecule has 1 aliphatic rings. The summed E-state index contributed by atoms with van der Waals surface area (Å²) in [5.74, 6) is 0.353. The van der Waals surface area contributed by atoms with Gasteiger partial charge in [0.1, 0.15) is 11.8 Å². The largest absolute Gasteiger partial charge is 0.497 e. The molecule has 2 rings (SSSR count). The molecule has 1 atom stereocenters. The molecule has 0 spiro atoms. The SMILES string of the molecule is CCN1C(=O)[C@@H](NC(C)=O)c2cc(OC)ccc21. The quantitative estimate of drug-likeness (QED) is 0.875. The number of carbonyl (C=O) groups excluding carboxylic acids is 2. The normalized spacial score (nSPS) is 17.6. The van der Waals surface area contributed by atoms with Gasteiger partial charge in [-0.25, -0.2) is 0 Å². The molecule has 0 bridgehead atoms. The lowest BCUT2D eigenvalue weighted by molar-refractivity contribution is -0.126. The second-order valence-corrected chi connectivity index (χ2v) is 4.14. The van der Waals surface area contributed by atoms with E-state index in [0.29, 0.717) is 12.3 Å². The summed E-state index contributed by atoms with van der Waals surface area (Å²) in [7, 11) is 1.57. The van der Waals surface area contributed by atoms with E-state index >= 15 is 0 Å². The van der Waals surface area contributed by atoms with Gasteiger partial charge < -0.3 is 15.0 Å². The molecule has 1 aliphatic heterocycles. The first-order valence-electron chi connectivity index (χ1n) is 5.85. The van der Waals surface area contributed by atoms with Gasteiger partial charge >= 0.3 is 0 Å². The molecule has 0 aromatic heterocycles. The van der Waals surface area contributed by atoms with Gasteiger partial charge in [-0.1, -0.05) is 0 Å². The molecule has 0 saturated carbocycles. The van der Waals surface area contributed by atoms with Crippen LogP contribution in [0.5, 0.6) is 5.75 Å². The van der Waals surface area contributed by atoms with E-state index < -0.39 is 6.04 Å². The van der Waals surface area contributed by atoms with E-state index in [4.69, 9.17) is 4.74 Å². The van der Waals surface area contributed by atoms with E-state index in [1.54, 1.807) is 18.1 Å². The van der Waals surface area contributed by atoms with Crippen LogP contribution in [0.4, 0.5) is 5.69 Å². The number of anilines is 1. The number of carbonyl (C=O) groups is 2. The number of likely N-dealkylation sites (N-methyl/N-ethyl adjacent to an activating group) is 1. The Morgan fingerprint density at radius 1 is 1.50 bits per heavy atom. The van der Waals surface area contributed by atoms with Crippen molar-refractivity contribution in [2.24, 2.45) is 0 Å². The van der Waals surface area contributed by atoms with Crippen LogP contribution < -0.4 is 15.0 Å². The van der Waals surface area contributed by atoms with Gasteiger partial charge in [0, 0.05) is 24.7 Å². The maximum Gasteiger partial charge on any atom is 0.254 e. The van der Waals surface area contributed by atoms with Gasteiger partial charge in [-0.15, -0.1) is 0 Å². The molecular weight excluding hydrogens is 232 g/mol. The summed E-state index contributed by atoms with van der Waals surface area (Å²) in [4.78, 5) is 25.1. The van der Waals surface area contributed by atoms with E-state index in [1.165, 1.54) is 6.92 Å². The molecule has 0 fully saturated rings. The lowest BCUT2D eigenvalue weighted by Gasteiger charge is -2.15. The van der Waals surface area contributed by atoms with Crippen LogP contribution in [-0.2, 0) is 9.59 Å². The minimum Gasteiger partial charge on any atom is -0.497 e. The smallest absolute Gasteiger partial charge is 0.254 e. The maximum absolute atomic E-state index is 12.2. The van der Waals surface area contributed by atoms with Crippen molar-refractivity contribution >= 4 is 17.5 Å². The van der Waals surface area contributed by atoms with Gasteiger partial charge in [-0.3, -0.25) is 9.59 Å². The third kappa shape index (κ3) is 1.92. The maximum atomic E-state index is 12.2. The first-order chi connectivity index (χ1) is 8.58. The second kappa shape index (κ2) is 4.68. The highest BCUT2D eigenvalue weighted by atomic mass is 16.5. The van der Waals surface area contributed by atoms with Gasteiger partial charge in [-0.05, 0) is 25.1 Å². The number of rotatable bonds is 3. The van der Waals surface area contributed by atoms with Gasteiger partial charge in [0.25, 0.3) is 5.91 Å². The van der Waals surface area contributed by atoms with Gasteiger partial charge in [0.05, 0.1) is 7.11 Å². The van der Waals surface area contributed by atoms with Crippen molar-refractivity contribution in [3.8, 4) is 5.75 Å². The topological polar surface area (TPSA) is 58.6 Å². The number of hydrogen-bond donors (Lipinski definition) is 1. The summed E-state index contributed by atoms with van der Waals surface area (Å²) in [6.07, 6.45) is 0. The molecule has 5 heteroatoms. The summed E-state index contributed by atoms with van der Waals surface area (Å²) < 4.78 is 5.15. The number of amides is 2. The molecule has 0 aliphatic carbocycles. The van der Waals surface area contributed by atoms with Crippen LogP contribution in [0.1, 0.15) is 25.5 Å². The van der Waals surface area contributed by atoms with E-state index in [9.17, 15) is 9.59 Å². The average Bonchev–Trinajstić information content (AvgIpc) is 2.61. The van der Waals surface area contributed by atoms with Crippen molar-refractivity contribution in [1.82, 2.24) is 5.32 Å². The van der Waals surface area contributed by atoms with Crippen molar-refractivity contribution < 1.29 is 14.3 Å². The van der Waals surface area contributed by atoms with E-state index in [0.717, 1.165) is 11.3 Å². The minimum absolute atomic E-state index is 0.101. The molecule has 1 aromatic carbocycles. The zero-order chi connectivity index (χ0) is 13.3. The van der Waals surface area contributed by atoms with E-state index in [1.807, 2.05) is 19.1 Å². The summed E-state index contributed by atoms with van der Waals surface area (Å²) >= 11 is 0. The number of nitrogens with zero attached hydrogens (tertiary/aromatic N) is 1. The summed E-state index contributed by atoms with van der Waals surface area (Å²) in [5, 5.41) is 2.68. The second-order valence-electron chi connectivity index (χ2n) is 4.14. The molecule has 1 aromatic rings. The third-order valence-corrected chi connectivity index (χ3v) is 3.01. The molecule has 2 amide bonds. The van der Waals surface area contributed by atoms with E-state index in [2.05, 4.69) is 5.32 Å². The van der Waals surface area contributed by atoms with Crippen molar-refractivity contribution in [1.29, 1.82) is 0 Å². The van der Waals surface area contributed by atoms with Crippen LogP contribution in [0.2, 0.25) is 0 Å². The highest BCUT2D eigenvalue weighted by molar-refractivity contribution is 6.06. The molecule has 0 radical (unpaired) electrons. The van der Waals surface area contributed by atoms with E-state index in [-0.39, 0.29) is 11.8 Å². The number of fused-ring (bicyclic) bond motifs is 1. The zero-order valence-electron chi connectivity index (χ0n) is 10.7. The van der Waals surface area contributed by atoms with Crippen LogP contribution in [0.15, 0.2) is 18.2 Å². The Hall–Kier alpha value is -2.04. The Labute approximate surface area is 106 Å². The standard InChI is InChI=1S/C13H16N2O3/c1-4-15-11-6-5-9(18-3)7-10(11)12(13(15)17)14-8(2)16/h5-7,12H,4H2,1-3H3,(H,14,16)/t12-/m0/s1. The van der Waals surface area contributed by atoms with Crippen LogP contribution >= 0.6 is 0 Å². The Balaban J connectivity index is 2.46. The number of nitrogens with one attached hydrogen (secondary N) is 1. The molecule has 0 unspecified atom stereocenters. The third-order valence-electron chi connectivity index (χ3n) is 3.01. The molecule has 1 N–H and O–H groups in total. The highest BCUT2D eigenvalue weighted by Crippen LogP contribution is 2.37. The zero-order valence-corrected chi connectivity index (χ0v) is 10.7. The first kappa shape index (κ1) is 12.4. The minimum atomic E-state index is -0.604. The summed E-state index contributed by atoms with van der Waals surface area (Å²) in [6.45, 7) is 3.89. The lowest BCUT2D eigenvalue weighted by Crippen LogP contribution is -2.36. The van der Waals surface area contributed by atoms with Crippen molar-refractivity contribution in [3.05, 3.63) is 23.8 Å². The Morgan fingerprint density at radius 3 is 2.78 bits per heavy atom. The van der Waals surface area contributed by atoms with Crippen molar-refractivity contribution in [2.45, 2.75) is 19.9 Å². The Bertz CT molecular complexity index is 499. The Kier molecular flexibility index (Phi) is 3.23.